The molecule has 5 fully saturated rings. The Morgan fingerprint density at radius 1 is 1.00 bits per heavy atom. The highest BCUT2D eigenvalue weighted by molar-refractivity contribution is 5.66. The van der Waals surface area contributed by atoms with Crippen molar-refractivity contribution in [3.63, 3.8) is 0 Å². The normalized spacial score (nSPS) is 47.1. The van der Waals surface area contributed by atoms with Crippen LogP contribution in [0.5, 0.6) is 0 Å². The Morgan fingerprint density at radius 2 is 1.71 bits per heavy atom. The first-order valence-corrected chi connectivity index (χ1v) is 14.5. The van der Waals surface area contributed by atoms with E-state index in [9.17, 15) is 4.79 Å². The number of ether oxygens (including phenoxy) is 2. The lowest BCUT2D eigenvalue weighted by Crippen LogP contribution is -2.57. The monoisotopic (exact) mass is 474 g/mol. The fourth-order valence-corrected chi connectivity index (χ4v) is 9.98. The maximum Gasteiger partial charge on any atom is 0.302 e. The maximum absolute atomic E-state index is 12.2. The van der Waals surface area contributed by atoms with Crippen molar-refractivity contribution in [1.82, 2.24) is 9.80 Å². The summed E-state index contributed by atoms with van der Waals surface area (Å²) in [6.07, 6.45) is 10.8. The topological polar surface area (TPSA) is 42.0 Å². The zero-order chi connectivity index (χ0) is 24.1. The lowest BCUT2D eigenvalue weighted by atomic mass is 9.45. The number of carbonyl (C=O) groups is 1. The molecule has 1 saturated heterocycles. The number of hydrogen-bond donors (Lipinski definition) is 0. The van der Waals surface area contributed by atoms with Crippen molar-refractivity contribution >= 4 is 5.97 Å². The Bertz CT molecular complexity index is 735. The van der Waals surface area contributed by atoms with Gasteiger partial charge in [0.15, 0.2) is 0 Å². The fourth-order valence-electron chi connectivity index (χ4n) is 9.98. The molecule has 0 bridgehead atoms. The number of morpholine rings is 1. The van der Waals surface area contributed by atoms with E-state index in [0.717, 1.165) is 63.2 Å². The predicted molar refractivity (Wildman–Crippen MR) is 136 cm³/mol. The van der Waals surface area contributed by atoms with E-state index in [4.69, 9.17) is 9.47 Å². The number of esters is 1. The number of hydrogen-bond acceptors (Lipinski definition) is 5. The molecule has 5 heteroatoms. The summed E-state index contributed by atoms with van der Waals surface area (Å²) in [6.45, 7) is 17.5. The highest BCUT2D eigenvalue weighted by atomic mass is 16.5. The van der Waals surface area contributed by atoms with Gasteiger partial charge in [-0.15, -0.1) is 0 Å². The number of fused-ring (bicyclic) bond motifs is 5. The van der Waals surface area contributed by atoms with Crippen LogP contribution < -0.4 is 0 Å². The first-order chi connectivity index (χ1) is 16.3. The van der Waals surface area contributed by atoms with Crippen LogP contribution >= 0.6 is 0 Å². The van der Waals surface area contributed by atoms with Gasteiger partial charge >= 0.3 is 5.97 Å². The summed E-state index contributed by atoms with van der Waals surface area (Å²) in [7, 11) is 0. The summed E-state index contributed by atoms with van der Waals surface area (Å²) < 4.78 is 11.9. The van der Waals surface area contributed by atoms with Gasteiger partial charge in [0.05, 0.1) is 13.2 Å². The summed E-state index contributed by atoms with van der Waals surface area (Å²) >= 11 is 0. The Hall–Kier alpha value is -0.650. The van der Waals surface area contributed by atoms with E-state index >= 15 is 0 Å². The van der Waals surface area contributed by atoms with E-state index in [0.29, 0.717) is 17.4 Å². The Morgan fingerprint density at radius 3 is 2.38 bits per heavy atom. The third-order valence-corrected chi connectivity index (χ3v) is 11.7. The van der Waals surface area contributed by atoms with Crippen LogP contribution in [0.3, 0.4) is 0 Å². The second-order valence-electron chi connectivity index (χ2n) is 12.8. The van der Waals surface area contributed by atoms with Crippen molar-refractivity contribution in [1.29, 1.82) is 0 Å². The van der Waals surface area contributed by atoms with Gasteiger partial charge in [0.2, 0.25) is 0 Å². The minimum Gasteiger partial charge on any atom is -0.460 e. The second-order valence-corrected chi connectivity index (χ2v) is 12.8. The van der Waals surface area contributed by atoms with Crippen LogP contribution in [0.25, 0.3) is 0 Å². The highest BCUT2D eigenvalue weighted by Crippen LogP contribution is 2.67. The molecule has 4 saturated carbocycles. The lowest BCUT2D eigenvalue weighted by molar-refractivity contribution is -0.166. The van der Waals surface area contributed by atoms with Crippen LogP contribution in [-0.2, 0) is 14.3 Å². The molecular weight excluding hydrogens is 424 g/mol. The van der Waals surface area contributed by atoms with Gasteiger partial charge in [-0.25, -0.2) is 0 Å². The Kier molecular flexibility index (Phi) is 7.11. The molecule has 34 heavy (non-hydrogen) atoms. The highest BCUT2D eigenvalue weighted by Gasteiger charge is 2.64. The largest absolute Gasteiger partial charge is 0.460 e. The standard InChI is InChI=1S/C29H50N2O3/c1-6-30(7-2)26-18-25-23-11-9-21-8-10-22(31-14-16-33-17-15-31)19-29(21,5)24(23)12-13-28(25,4)27(26)34-20(3)32/h21-27H,6-19H2,1-5H3. The predicted octanol–water partition coefficient (Wildman–Crippen LogP) is 4.98. The molecule has 0 N–H and O–H groups in total. The zero-order valence-electron chi connectivity index (χ0n) is 22.6. The zero-order valence-corrected chi connectivity index (χ0v) is 22.6. The molecule has 4 aliphatic carbocycles. The molecule has 5 rings (SSSR count). The molecule has 5 nitrogen and oxygen atoms in total. The number of likely N-dealkylation sites (N-methyl/N-ethyl adjacent to an activating group) is 1. The quantitative estimate of drug-likeness (QED) is 0.526. The molecule has 5 aliphatic rings. The molecule has 0 aromatic heterocycles. The summed E-state index contributed by atoms with van der Waals surface area (Å²) in [5.41, 5.74) is 0.594. The molecule has 0 amide bonds. The van der Waals surface area contributed by atoms with Crippen molar-refractivity contribution < 1.29 is 14.3 Å². The molecule has 1 heterocycles. The fraction of sp³-hybridized carbons (Fsp3) is 0.966. The number of nitrogens with zero attached hydrogens (tertiary/aromatic N) is 2. The molecule has 0 aromatic carbocycles. The first-order valence-electron chi connectivity index (χ1n) is 14.5. The van der Waals surface area contributed by atoms with Crippen molar-refractivity contribution in [2.75, 3.05) is 39.4 Å². The van der Waals surface area contributed by atoms with Gasteiger partial charge in [0.25, 0.3) is 0 Å². The number of rotatable bonds is 5. The van der Waals surface area contributed by atoms with E-state index in [1.165, 1.54) is 51.4 Å². The van der Waals surface area contributed by atoms with Crippen LogP contribution in [-0.4, -0.2) is 73.3 Å². The molecule has 9 unspecified atom stereocenters. The lowest BCUT2D eigenvalue weighted by Gasteiger charge is -2.61. The van der Waals surface area contributed by atoms with E-state index in [-0.39, 0.29) is 17.5 Å². The third kappa shape index (κ3) is 4.06. The SMILES string of the molecule is CCN(CC)C1CC2C3CCC4CCC(N5CCOCC5)CC4(C)C3CCC2(C)C1OC(C)=O. The van der Waals surface area contributed by atoms with Gasteiger partial charge < -0.3 is 9.47 Å². The molecule has 194 valence electrons. The summed E-state index contributed by atoms with van der Waals surface area (Å²) in [4.78, 5) is 17.5. The Labute approximate surface area is 208 Å². The average molecular weight is 475 g/mol. The summed E-state index contributed by atoms with van der Waals surface area (Å²) in [5, 5.41) is 0. The smallest absolute Gasteiger partial charge is 0.302 e. The van der Waals surface area contributed by atoms with E-state index < -0.39 is 0 Å². The first kappa shape index (κ1) is 25.0. The van der Waals surface area contributed by atoms with Gasteiger partial charge in [-0.2, -0.15) is 0 Å². The van der Waals surface area contributed by atoms with Crippen LogP contribution in [0.2, 0.25) is 0 Å². The molecule has 0 spiro atoms. The van der Waals surface area contributed by atoms with Crippen molar-refractivity contribution in [2.45, 2.75) is 104 Å². The van der Waals surface area contributed by atoms with Gasteiger partial charge in [-0.1, -0.05) is 27.7 Å². The van der Waals surface area contributed by atoms with Crippen LogP contribution in [0, 0.1) is 34.5 Å². The van der Waals surface area contributed by atoms with Gasteiger partial charge in [0.1, 0.15) is 6.10 Å². The van der Waals surface area contributed by atoms with E-state index in [1.807, 2.05) is 0 Å². The van der Waals surface area contributed by atoms with Gasteiger partial charge in [-0.05, 0) is 93.5 Å². The van der Waals surface area contributed by atoms with Crippen molar-refractivity contribution in [2.24, 2.45) is 34.5 Å². The van der Waals surface area contributed by atoms with E-state index in [1.54, 1.807) is 6.92 Å². The maximum atomic E-state index is 12.2. The molecule has 9 atom stereocenters. The van der Waals surface area contributed by atoms with Gasteiger partial charge in [0, 0.05) is 37.5 Å². The van der Waals surface area contributed by atoms with Crippen LogP contribution in [0.15, 0.2) is 0 Å². The Balaban J connectivity index is 1.40. The summed E-state index contributed by atoms with van der Waals surface area (Å²) in [5.74, 6) is 3.12. The van der Waals surface area contributed by atoms with Crippen LogP contribution in [0.4, 0.5) is 0 Å². The number of carbonyl (C=O) groups excluding carboxylic acids is 1. The molecule has 1 aliphatic heterocycles. The van der Waals surface area contributed by atoms with Crippen molar-refractivity contribution in [3.8, 4) is 0 Å². The molecular formula is C29H50N2O3. The average Bonchev–Trinajstić information content (AvgIpc) is 3.11. The summed E-state index contributed by atoms with van der Waals surface area (Å²) in [6, 6.07) is 1.13. The van der Waals surface area contributed by atoms with Crippen molar-refractivity contribution in [3.05, 3.63) is 0 Å². The third-order valence-electron chi connectivity index (χ3n) is 11.7. The minimum absolute atomic E-state index is 0.0498. The molecule has 0 radical (unpaired) electrons. The van der Waals surface area contributed by atoms with Crippen LogP contribution in [0.1, 0.15) is 86.0 Å². The van der Waals surface area contributed by atoms with Gasteiger partial charge in [-0.3, -0.25) is 14.6 Å². The second kappa shape index (κ2) is 9.67. The molecule has 0 aromatic rings. The van der Waals surface area contributed by atoms with E-state index in [2.05, 4.69) is 37.5 Å². The minimum atomic E-state index is -0.0949.